The maximum atomic E-state index is 11.1. The minimum absolute atomic E-state index is 0.0796. The van der Waals surface area contributed by atoms with Crippen LogP contribution < -0.4 is 5.73 Å². The largest absolute Gasteiger partial charge is 0.463 e. The Morgan fingerprint density at radius 3 is 2.84 bits per heavy atom. The highest BCUT2D eigenvalue weighted by molar-refractivity contribution is 5.81. The fourth-order valence-electron chi connectivity index (χ4n) is 3.27. The van der Waals surface area contributed by atoms with E-state index in [1.165, 1.54) is 13.3 Å². The van der Waals surface area contributed by atoms with E-state index in [1.54, 1.807) is 10.9 Å². The third kappa shape index (κ3) is 2.71. The second-order valence-corrected chi connectivity index (χ2v) is 6.52. The Hall–Kier alpha value is -2.30. The molecule has 0 unspecified atom stereocenters. The van der Waals surface area contributed by atoms with Crippen LogP contribution in [0.4, 0.5) is 5.82 Å². The van der Waals surface area contributed by atoms with E-state index >= 15 is 0 Å². The number of carbonyl (C=O) groups excluding carboxylic acids is 1. The number of nitrogens with two attached hydrogens (primary N) is 1. The zero-order valence-electron chi connectivity index (χ0n) is 14.1. The number of aromatic nitrogens is 4. The van der Waals surface area contributed by atoms with Gasteiger partial charge in [0.2, 0.25) is 0 Å². The number of hydrogen-bond acceptors (Lipinski definition) is 9. The number of hydrogen-bond donors (Lipinski definition) is 1. The molecule has 0 saturated carbocycles. The van der Waals surface area contributed by atoms with Crippen LogP contribution in [0, 0.1) is 0 Å². The first-order valence-electron chi connectivity index (χ1n) is 7.93. The normalized spacial score (nSPS) is 30.5. The Balaban J connectivity index is 1.68. The topological polar surface area (TPSA) is 124 Å². The average molecular weight is 349 g/mol. The Bertz CT molecular complexity index is 822. The predicted octanol–water partition coefficient (Wildman–Crippen LogP) is 0.389. The Morgan fingerprint density at radius 1 is 1.32 bits per heavy atom. The number of nitrogen functional groups attached to an aromatic ring is 1. The molecule has 2 aliphatic heterocycles. The summed E-state index contributed by atoms with van der Waals surface area (Å²) in [6, 6.07) is 0. The quantitative estimate of drug-likeness (QED) is 0.783. The molecule has 0 aromatic carbocycles. The van der Waals surface area contributed by atoms with Crippen molar-refractivity contribution in [3.8, 4) is 0 Å². The minimum atomic E-state index is -0.768. The number of imidazole rings is 1. The third-order valence-electron chi connectivity index (χ3n) is 4.24. The van der Waals surface area contributed by atoms with Crippen molar-refractivity contribution in [1.82, 2.24) is 19.5 Å². The van der Waals surface area contributed by atoms with E-state index in [0.717, 1.165) is 0 Å². The van der Waals surface area contributed by atoms with Crippen LogP contribution in [0.15, 0.2) is 12.7 Å². The van der Waals surface area contributed by atoms with Gasteiger partial charge in [0.15, 0.2) is 23.5 Å². The van der Waals surface area contributed by atoms with Crippen molar-refractivity contribution in [2.75, 3.05) is 12.3 Å². The lowest BCUT2D eigenvalue weighted by atomic mass is 10.1. The molecule has 2 N–H and O–H groups in total. The fraction of sp³-hybridized carbons (Fsp3) is 0.600. The first kappa shape index (κ1) is 16.2. The Labute approximate surface area is 143 Å². The summed E-state index contributed by atoms with van der Waals surface area (Å²) in [5.41, 5.74) is 6.87. The van der Waals surface area contributed by atoms with Crippen molar-refractivity contribution >= 4 is 23.0 Å². The molecular formula is C15H19N5O5. The van der Waals surface area contributed by atoms with Gasteiger partial charge in [-0.1, -0.05) is 0 Å². The molecule has 4 rings (SSSR count). The molecule has 25 heavy (non-hydrogen) atoms. The summed E-state index contributed by atoms with van der Waals surface area (Å²) in [4.78, 5) is 23.6. The van der Waals surface area contributed by atoms with Crippen LogP contribution in [-0.4, -0.2) is 56.2 Å². The van der Waals surface area contributed by atoms with Crippen LogP contribution in [0.1, 0.15) is 27.0 Å². The van der Waals surface area contributed by atoms with Crippen LogP contribution >= 0.6 is 0 Å². The molecule has 0 radical (unpaired) electrons. The highest BCUT2D eigenvalue weighted by Gasteiger charge is 2.56. The summed E-state index contributed by atoms with van der Waals surface area (Å²) < 4.78 is 24.9. The summed E-state index contributed by atoms with van der Waals surface area (Å²) >= 11 is 0. The van der Waals surface area contributed by atoms with Gasteiger partial charge in [-0.15, -0.1) is 0 Å². The number of fused-ring (bicyclic) bond motifs is 2. The van der Waals surface area contributed by atoms with Crippen molar-refractivity contribution in [2.45, 2.75) is 51.1 Å². The van der Waals surface area contributed by atoms with E-state index in [4.69, 9.17) is 24.7 Å². The molecule has 0 amide bonds. The summed E-state index contributed by atoms with van der Waals surface area (Å²) in [6.45, 7) is 5.09. The highest BCUT2D eigenvalue weighted by Crippen LogP contribution is 2.43. The van der Waals surface area contributed by atoms with E-state index in [1.807, 2.05) is 13.8 Å². The molecule has 2 saturated heterocycles. The van der Waals surface area contributed by atoms with E-state index in [2.05, 4.69) is 15.0 Å². The molecule has 2 aliphatic rings. The number of ether oxygens (including phenoxy) is 4. The molecule has 0 spiro atoms. The third-order valence-corrected chi connectivity index (χ3v) is 4.24. The molecule has 10 nitrogen and oxygen atoms in total. The first-order valence-corrected chi connectivity index (χ1v) is 7.93. The number of rotatable bonds is 3. The van der Waals surface area contributed by atoms with Crippen LogP contribution in [0.25, 0.3) is 11.2 Å². The van der Waals surface area contributed by atoms with E-state index in [-0.39, 0.29) is 18.7 Å². The molecule has 0 bridgehead atoms. The minimum Gasteiger partial charge on any atom is -0.463 e. The maximum absolute atomic E-state index is 11.1. The van der Waals surface area contributed by atoms with Crippen LogP contribution in [0.2, 0.25) is 0 Å². The van der Waals surface area contributed by atoms with Crippen molar-refractivity contribution in [3.05, 3.63) is 12.7 Å². The highest BCUT2D eigenvalue weighted by atomic mass is 16.8. The number of esters is 1. The Kier molecular flexibility index (Phi) is 3.63. The van der Waals surface area contributed by atoms with Gasteiger partial charge >= 0.3 is 5.97 Å². The molecule has 0 aliphatic carbocycles. The molecule has 2 fully saturated rings. The lowest BCUT2D eigenvalue weighted by Gasteiger charge is -2.24. The smallest absolute Gasteiger partial charge is 0.302 e. The number of anilines is 1. The molecule has 4 atom stereocenters. The van der Waals surface area contributed by atoms with Crippen molar-refractivity contribution in [1.29, 1.82) is 0 Å². The molecule has 134 valence electrons. The van der Waals surface area contributed by atoms with Crippen LogP contribution in [0.5, 0.6) is 0 Å². The van der Waals surface area contributed by atoms with E-state index in [9.17, 15) is 4.79 Å². The first-order chi connectivity index (χ1) is 11.9. The molecule has 4 heterocycles. The van der Waals surface area contributed by atoms with Gasteiger partial charge < -0.3 is 24.7 Å². The lowest BCUT2D eigenvalue weighted by molar-refractivity contribution is -0.201. The van der Waals surface area contributed by atoms with Crippen LogP contribution in [-0.2, 0) is 23.7 Å². The van der Waals surface area contributed by atoms with E-state index < -0.39 is 24.2 Å². The lowest BCUT2D eigenvalue weighted by Crippen LogP contribution is -2.33. The van der Waals surface area contributed by atoms with Gasteiger partial charge in [0.25, 0.3) is 0 Å². The van der Waals surface area contributed by atoms with Gasteiger partial charge in [0, 0.05) is 6.92 Å². The van der Waals surface area contributed by atoms with Crippen molar-refractivity contribution < 1.29 is 23.7 Å². The molecule has 10 heteroatoms. The van der Waals surface area contributed by atoms with E-state index in [0.29, 0.717) is 17.0 Å². The van der Waals surface area contributed by atoms with Crippen molar-refractivity contribution in [2.24, 2.45) is 0 Å². The summed E-state index contributed by atoms with van der Waals surface area (Å²) in [5, 5.41) is 0. The summed E-state index contributed by atoms with van der Waals surface area (Å²) in [5.74, 6) is -0.856. The standard InChI is InChI=1S/C15H19N5O5/c1-7(21)22-4-8-10-11(25-15(2,3)24-10)14(23-8)20-6-19-9-12(16)17-5-18-13(9)20/h5-6,8,10-11,14H,4H2,1-3H3,(H2,16,17,18)/t8-,10-,11+,14-/m1/s1. The summed E-state index contributed by atoms with van der Waals surface area (Å²) in [6.07, 6.45) is 1.18. The monoisotopic (exact) mass is 349 g/mol. The van der Waals surface area contributed by atoms with Gasteiger partial charge in [0.05, 0.1) is 6.33 Å². The average Bonchev–Trinajstić information content (AvgIpc) is 3.17. The SMILES string of the molecule is CC(=O)OC[C@H]1O[C@@H](n2cnc3c(N)ncnc32)[C@H]2OC(C)(C)O[C@@H]21. The van der Waals surface area contributed by atoms with Gasteiger partial charge in [-0.05, 0) is 13.8 Å². The predicted molar refractivity (Wildman–Crippen MR) is 84.1 cm³/mol. The number of carbonyl (C=O) groups is 1. The second-order valence-electron chi connectivity index (χ2n) is 6.52. The maximum Gasteiger partial charge on any atom is 0.302 e. The summed E-state index contributed by atoms with van der Waals surface area (Å²) in [7, 11) is 0. The fourth-order valence-corrected chi connectivity index (χ4v) is 3.27. The van der Waals surface area contributed by atoms with Gasteiger partial charge in [0.1, 0.15) is 36.8 Å². The Morgan fingerprint density at radius 2 is 2.08 bits per heavy atom. The molecular weight excluding hydrogens is 330 g/mol. The van der Waals surface area contributed by atoms with Gasteiger partial charge in [-0.2, -0.15) is 0 Å². The van der Waals surface area contributed by atoms with Crippen LogP contribution in [0.3, 0.4) is 0 Å². The number of nitrogens with zero attached hydrogens (tertiary/aromatic N) is 4. The molecule has 2 aromatic heterocycles. The zero-order valence-corrected chi connectivity index (χ0v) is 14.1. The second kappa shape index (κ2) is 5.61. The van der Waals surface area contributed by atoms with Gasteiger partial charge in [-0.3, -0.25) is 9.36 Å². The molecule has 2 aromatic rings. The van der Waals surface area contributed by atoms with Crippen molar-refractivity contribution in [3.63, 3.8) is 0 Å². The zero-order chi connectivity index (χ0) is 17.8. The van der Waals surface area contributed by atoms with Gasteiger partial charge in [-0.25, -0.2) is 15.0 Å².